The highest BCUT2D eigenvalue weighted by atomic mass is 35.5. The molecule has 0 aliphatic rings. The van der Waals surface area contributed by atoms with Gasteiger partial charge in [0.1, 0.15) is 5.75 Å². The van der Waals surface area contributed by atoms with Crippen molar-refractivity contribution >= 4 is 20.2 Å². The summed E-state index contributed by atoms with van der Waals surface area (Å²) in [6.07, 6.45) is 1.64. The molecule has 1 N–H and O–H groups in total. The van der Waals surface area contributed by atoms with Gasteiger partial charge in [-0.15, -0.1) is 11.6 Å². The van der Waals surface area contributed by atoms with Crippen molar-refractivity contribution in [3.8, 4) is 17.6 Å². The Balaban J connectivity index is 3.18. The van der Waals surface area contributed by atoms with Crippen LogP contribution in [0.3, 0.4) is 0 Å². The van der Waals surface area contributed by atoms with Crippen LogP contribution in [-0.2, 0) is 0 Å². The molecule has 0 atom stereocenters. The summed E-state index contributed by atoms with van der Waals surface area (Å²) in [5.74, 6) is 7.57. The lowest BCUT2D eigenvalue weighted by molar-refractivity contribution is 0.283. The molecular formula is C19H29ClO2Si. The average molecular weight is 353 g/mol. The third-order valence-corrected chi connectivity index (χ3v) is 8.69. The van der Waals surface area contributed by atoms with Gasteiger partial charge in [-0.25, -0.2) is 0 Å². The van der Waals surface area contributed by atoms with Crippen molar-refractivity contribution in [1.29, 1.82) is 0 Å². The molecule has 0 saturated carbocycles. The predicted octanol–water partition coefficient (Wildman–Crippen LogP) is 5.47. The van der Waals surface area contributed by atoms with E-state index < -0.39 is 8.56 Å². The first-order valence-electron chi connectivity index (χ1n) is 8.08. The average Bonchev–Trinajstić information content (AvgIpc) is 2.42. The Morgan fingerprint density at radius 1 is 1.09 bits per heavy atom. The number of halogens is 1. The van der Waals surface area contributed by atoms with E-state index >= 15 is 0 Å². The minimum absolute atomic E-state index is 0.315. The fraction of sp³-hybridized carbons (Fsp3) is 0.579. The predicted molar refractivity (Wildman–Crippen MR) is 101 cm³/mol. The molecule has 0 fully saturated rings. The van der Waals surface area contributed by atoms with Crippen LogP contribution in [0.4, 0.5) is 0 Å². The molecular weight excluding hydrogens is 324 g/mol. The van der Waals surface area contributed by atoms with E-state index in [0.717, 1.165) is 18.4 Å². The first kappa shape index (κ1) is 20.1. The van der Waals surface area contributed by atoms with E-state index in [1.807, 2.05) is 65.8 Å². The number of hydrogen-bond acceptors (Lipinski definition) is 2. The van der Waals surface area contributed by atoms with Crippen LogP contribution >= 0.6 is 11.6 Å². The second-order valence-corrected chi connectivity index (χ2v) is 12.7. The number of hydrogen-bond donors (Lipinski definition) is 1. The molecule has 0 unspecified atom stereocenters. The van der Waals surface area contributed by atoms with Crippen molar-refractivity contribution < 1.29 is 9.22 Å². The molecule has 0 bridgehead atoms. The van der Waals surface area contributed by atoms with Crippen molar-refractivity contribution in [2.45, 2.75) is 64.5 Å². The van der Waals surface area contributed by atoms with Gasteiger partial charge >= 0.3 is 8.56 Å². The highest BCUT2D eigenvalue weighted by Crippen LogP contribution is 2.50. The molecule has 0 heterocycles. The zero-order valence-corrected chi connectivity index (χ0v) is 16.9. The summed E-state index contributed by atoms with van der Waals surface area (Å²) in [4.78, 5) is 11.4. The van der Waals surface area contributed by atoms with Gasteiger partial charge in [0, 0.05) is 22.4 Å². The van der Waals surface area contributed by atoms with Crippen molar-refractivity contribution in [2.24, 2.45) is 0 Å². The number of benzene rings is 1. The fourth-order valence-electron chi connectivity index (χ4n) is 2.56. The molecule has 2 nitrogen and oxygen atoms in total. The lowest BCUT2D eigenvalue weighted by atomic mass is 10.2. The quantitative estimate of drug-likeness (QED) is 0.337. The Morgan fingerprint density at radius 3 is 2.17 bits per heavy atom. The van der Waals surface area contributed by atoms with Crippen molar-refractivity contribution in [1.82, 2.24) is 0 Å². The van der Waals surface area contributed by atoms with Crippen molar-refractivity contribution in [3.63, 3.8) is 0 Å². The van der Waals surface area contributed by atoms with E-state index in [1.54, 1.807) is 0 Å². The van der Waals surface area contributed by atoms with Gasteiger partial charge in [0.2, 0.25) is 0 Å². The highest BCUT2D eigenvalue weighted by Gasteiger charge is 2.57. The van der Waals surface area contributed by atoms with Crippen LogP contribution in [0.25, 0.3) is 0 Å². The lowest BCUT2D eigenvalue weighted by Gasteiger charge is -2.45. The SMILES string of the molecule is CC(C)(C)[Si](O)(Oc1ccccc1C#CCCCCl)C(C)(C)C. The molecule has 0 amide bonds. The molecule has 23 heavy (non-hydrogen) atoms. The summed E-state index contributed by atoms with van der Waals surface area (Å²) in [5.41, 5.74) is 0.821. The molecule has 1 rings (SSSR count). The maximum atomic E-state index is 11.4. The van der Waals surface area contributed by atoms with Gasteiger partial charge in [0.25, 0.3) is 0 Å². The zero-order chi connectivity index (χ0) is 17.7. The second-order valence-electron chi connectivity index (χ2n) is 7.84. The minimum Gasteiger partial charge on any atom is -0.518 e. The standard InChI is InChI=1S/C19H29ClO2Si/c1-18(2,3)23(21,19(4,5)6)22-17-14-10-9-13-16(17)12-8-7-11-15-20/h9-10,13-14,21H,7,11,15H2,1-6H3. The molecule has 0 spiro atoms. The zero-order valence-electron chi connectivity index (χ0n) is 15.2. The molecule has 0 aliphatic carbocycles. The van der Waals surface area contributed by atoms with Gasteiger partial charge in [-0.1, -0.05) is 65.5 Å². The smallest absolute Gasteiger partial charge is 0.407 e. The Hall–Kier alpha value is -0.953. The summed E-state index contributed by atoms with van der Waals surface area (Å²) in [5, 5.41) is -0.630. The van der Waals surface area contributed by atoms with Crippen LogP contribution in [0, 0.1) is 11.8 Å². The molecule has 0 aliphatic heterocycles. The fourth-order valence-corrected chi connectivity index (χ4v) is 6.05. The number of para-hydroxylation sites is 1. The normalized spacial score (nSPS) is 12.5. The van der Waals surface area contributed by atoms with Crippen LogP contribution < -0.4 is 4.43 Å². The highest BCUT2D eigenvalue weighted by molar-refractivity contribution is 6.72. The van der Waals surface area contributed by atoms with E-state index in [1.165, 1.54) is 0 Å². The number of unbranched alkanes of at least 4 members (excludes halogenated alkanes) is 1. The summed E-state index contributed by atoms with van der Waals surface area (Å²) >= 11 is 5.68. The minimum atomic E-state index is -3.07. The maximum Gasteiger partial charge on any atom is 0.407 e. The van der Waals surface area contributed by atoms with Crippen LogP contribution in [0.2, 0.25) is 10.1 Å². The summed E-state index contributed by atoms with van der Waals surface area (Å²) in [6.45, 7) is 12.2. The number of rotatable bonds is 4. The summed E-state index contributed by atoms with van der Waals surface area (Å²) in [6, 6.07) is 7.68. The Morgan fingerprint density at radius 2 is 1.65 bits per heavy atom. The monoisotopic (exact) mass is 352 g/mol. The van der Waals surface area contributed by atoms with Gasteiger partial charge in [-0.3, -0.25) is 0 Å². The maximum absolute atomic E-state index is 11.4. The Labute approximate surface area is 147 Å². The third-order valence-electron chi connectivity index (χ3n) is 3.84. The first-order chi connectivity index (χ1) is 10.5. The Bertz CT molecular complexity index is 560. The van der Waals surface area contributed by atoms with Crippen LogP contribution in [0.15, 0.2) is 24.3 Å². The van der Waals surface area contributed by atoms with Crippen molar-refractivity contribution in [3.05, 3.63) is 29.8 Å². The molecule has 128 valence electrons. The van der Waals surface area contributed by atoms with Gasteiger partial charge in [0.15, 0.2) is 0 Å². The van der Waals surface area contributed by atoms with Crippen LogP contribution in [0.5, 0.6) is 5.75 Å². The first-order valence-corrected chi connectivity index (χ1v) is 10.5. The number of alkyl halides is 1. The van der Waals surface area contributed by atoms with Gasteiger partial charge < -0.3 is 9.22 Å². The third kappa shape index (κ3) is 5.01. The lowest BCUT2D eigenvalue weighted by Crippen LogP contribution is -2.57. The summed E-state index contributed by atoms with van der Waals surface area (Å²) in [7, 11) is -3.07. The van der Waals surface area contributed by atoms with E-state index in [-0.39, 0.29) is 10.1 Å². The Kier molecular flexibility index (Phi) is 6.77. The topological polar surface area (TPSA) is 29.5 Å². The van der Waals surface area contributed by atoms with Gasteiger partial charge in [-0.05, 0) is 18.6 Å². The van der Waals surface area contributed by atoms with E-state index in [9.17, 15) is 4.80 Å². The molecule has 1 aromatic rings. The largest absolute Gasteiger partial charge is 0.518 e. The second kappa shape index (κ2) is 7.74. The van der Waals surface area contributed by atoms with Crippen LogP contribution in [0.1, 0.15) is 59.9 Å². The molecule has 1 aromatic carbocycles. The summed E-state index contributed by atoms with van der Waals surface area (Å²) < 4.78 is 6.28. The van der Waals surface area contributed by atoms with Crippen molar-refractivity contribution in [2.75, 3.05) is 5.88 Å². The van der Waals surface area contributed by atoms with Crippen LogP contribution in [-0.4, -0.2) is 19.2 Å². The molecule has 0 saturated heterocycles. The van der Waals surface area contributed by atoms with E-state index in [0.29, 0.717) is 11.6 Å². The van der Waals surface area contributed by atoms with E-state index in [2.05, 4.69) is 11.8 Å². The van der Waals surface area contributed by atoms with Gasteiger partial charge in [0.05, 0.1) is 5.56 Å². The molecule has 4 heteroatoms. The van der Waals surface area contributed by atoms with E-state index in [4.69, 9.17) is 16.0 Å². The molecule has 0 aromatic heterocycles. The van der Waals surface area contributed by atoms with Gasteiger partial charge in [-0.2, -0.15) is 0 Å². The molecule has 0 radical (unpaired) electrons.